The second-order valence-corrected chi connectivity index (χ2v) is 9.84. The predicted octanol–water partition coefficient (Wildman–Crippen LogP) is 5.59. The molecule has 2 aliphatic rings. The van der Waals surface area contributed by atoms with Crippen molar-refractivity contribution in [2.45, 2.75) is 29.6 Å². The van der Waals surface area contributed by atoms with Gasteiger partial charge in [-0.2, -0.15) is 0 Å². The molecule has 0 radical (unpaired) electrons. The third-order valence-electron chi connectivity index (χ3n) is 6.58. The number of likely N-dealkylation sites (tertiary alicyclic amines) is 1. The molecule has 0 unspecified atom stereocenters. The van der Waals surface area contributed by atoms with E-state index in [-0.39, 0.29) is 23.3 Å². The van der Waals surface area contributed by atoms with Crippen LogP contribution in [0.4, 0.5) is 0 Å². The lowest BCUT2D eigenvalue weighted by atomic mass is 9.76. The van der Waals surface area contributed by atoms with E-state index in [0.717, 1.165) is 29.2 Å². The Bertz CT molecular complexity index is 1050. The number of phenols is 2. The molecule has 3 aromatic rings. The van der Waals surface area contributed by atoms with E-state index in [4.69, 9.17) is 4.74 Å². The zero-order valence-corrected chi connectivity index (χ0v) is 18.9. The van der Waals surface area contributed by atoms with Crippen molar-refractivity contribution in [3.63, 3.8) is 0 Å². The van der Waals surface area contributed by atoms with Crippen molar-refractivity contribution in [3.8, 4) is 17.2 Å². The van der Waals surface area contributed by atoms with Gasteiger partial charge in [0.15, 0.2) is 0 Å². The highest BCUT2D eigenvalue weighted by Gasteiger charge is 2.33. The molecule has 0 amide bonds. The summed E-state index contributed by atoms with van der Waals surface area (Å²) in [4.78, 5) is 3.84. The minimum atomic E-state index is 0.0686. The zero-order valence-electron chi connectivity index (χ0n) is 18.1. The van der Waals surface area contributed by atoms with Gasteiger partial charge in [0.25, 0.3) is 0 Å². The van der Waals surface area contributed by atoms with Gasteiger partial charge in [-0.05, 0) is 79.5 Å². The Kier molecular flexibility index (Phi) is 6.28. The van der Waals surface area contributed by atoms with Gasteiger partial charge in [0, 0.05) is 34.6 Å². The highest BCUT2D eigenvalue weighted by molar-refractivity contribution is 7.99. The lowest BCUT2D eigenvalue weighted by Gasteiger charge is -2.34. The van der Waals surface area contributed by atoms with Crippen molar-refractivity contribution in [2.75, 3.05) is 32.0 Å². The van der Waals surface area contributed by atoms with Crippen LogP contribution in [0.5, 0.6) is 17.2 Å². The summed E-state index contributed by atoms with van der Waals surface area (Å²) < 4.78 is 6.07. The molecule has 4 nitrogen and oxygen atoms in total. The summed E-state index contributed by atoms with van der Waals surface area (Å²) in [5, 5.41) is 19.9. The first kappa shape index (κ1) is 21.2. The summed E-state index contributed by atoms with van der Waals surface area (Å²) in [6, 6.07) is 21.6. The molecule has 0 spiro atoms. The van der Waals surface area contributed by atoms with Crippen LogP contribution >= 0.6 is 11.8 Å². The van der Waals surface area contributed by atoms with E-state index in [1.165, 1.54) is 36.4 Å². The first-order chi connectivity index (χ1) is 15.7. The highest BCUT2D eigenvalue weighted by Crippen LogP contribution is 2.47. The van der Waals surface area contributed by atoms with Crippen LogP contribution in [0.25, 0.3) is 0 Å². The van der Waals surface area contributed by atoms with E-state index in [1.54, 1.807) is 18.2 Å². The van der Waals surface area contributed by atoms with Crippen molar-refractivity contribution in [1.29, 1.82) is 0 Å². The third-order valence-corrected chi connectivity index (χ3v) is 7.58. The van der Waals surface area contributed by atoms with E-state index in [9.17, 15) is 10.2 Å². The third kappa shape index (κ3) is 4.59. The van der Waals surface area contributed by atoms with Gasteiger partial charge in [0.05, 0.1) is 6.61 Å². The van der Waals surface area contributed by atoms with Gasteiger partial charge in [-0.15, -0.1) is 11.8 Å². The first-order valence-electron chi connectivity index (χ1n) is 11.4. The summed E-state index contributed by atoms with van der Waals surface area (Å²) in [7, 11) is 0. The maximum absolute atomic E-state index is 10.2. The first-order valence-corrected chi connectivity index (χ1v) is 12.4. The number of rotatable bonds is 6. The zero-order chi connectivity index (χ0) is 21.9. The number of ether oxygens (including phenoxy) is 1. The van der Waals surface area contributed by atoms with Crippen LogP contribution in [0.3, 0.4) is 0 Å². The van der Waals surface area contributed by atoms with Gasteiger partial charge in [-0.3, -0.25) is 0 Å². The summed E-state index contributed by atoms with van der Waals surface area (Å²) in [6.07, 6.45) is 2.67. The molecule has 2 atom stereocenters. The monoisotopic (exact) mass is 447 g/mol. The van der Waals surface area contributed by atoms with E-state index >= 15 is 0 Å². The van der Waals surface area contributed by atoms with E-state index < -0.39 is 0 Å². The number of hydrogen-bond acceptors (Lipinski definition) is 5. The molecule has 3 aromatic carbocycles. The Hall–Kier alpha value is -2.63. The highest BCUT2D eigenvalue weighted by atomic mass is 32.2. The molecule has 5 rings (SSSR count). The summed E-state index contributed by atoms with van der Waals surface area (Å²) in [6.45, 7) is 4.20. The summed E-state index contributed by atoms with van der Waals surface area (Å²) in [5.74, 6) is 2.61. The lowest BCUT2D eigenvalue weighted by Crippen LogP contribution is -2.25. The van der Waals surface area contributed by atoms with Crippen molar-refractivity contribution in [2.24, 2.45) is 0 Å². The summed E-state index contributed by atoms with van der Waals surface area (Å²) in [5.41, 5.74) is 3.33. The predicted molar refractivity (Wildman–Crippen MR) is 129 cm³/mol. The fraction of sp³-hybridized carbons (Fsp3) is 0.333. The smallest absolute Gasteiger partial charge is 0.123 e. The number of fused-ring (bicyclic) bond motifs is 1. The Balaban J connectivity index is 1.40. The maximum atomic E-state index is 10.2. The SMILES string of the molecule is Oc1ccc([C@H]2COc3ccc(O)cc3[C@H]2c2ccc(SCCN3CCCC3)cc2)cc1. The van der Waals surface area contributed by atoms with Gasteiger partial charge in [0.2, 0.25) is 0 Å². The molecule has 0 saturated carbocycles. The molecule has 0 bridgehead atoms. The molecule has 1 saturated heterocycles. The van der Waals surface area contributed by atoms with E-state index in [2.05, 4.69) is 29.2 Å². The molecule has 0 aromatic heterocycles. The average molecular weight is 448 g/mol. The molecule has 32 heavy (non-hydrogen) atoms. The number of aromatic hydroxyl groups is 2. The van der Waals surface area contributed by atoms with Crippen LogP contribution in [0.2, 0.25) is 0 Å². The van der Waals surface area contributed by atoms with Gasteiger partial charge >= 0.3 is 0 Å². The van der Waals surface area contributed by atoms with Crippen LogP contribution < -0.4 is 4.74 Å². The van der Waals surface area contributed by atoms with Gasteiger partial charge in [-0.1, -0.05) is 24.3 Å². The van der Waals surface area contributed by atoms with E-state index in [1.807, 2.05) is 36.0 Å². The van der Waals surface area contributed by atoms with Crippen molar-refractivity contribution >= 4 is 11.8 Å². The Morgan fingerprint density at radius 1 is 0.844 bits per heavy atom. The molecule has 166 valence electrons. The van der Waals surface area contributed by atoms with Crippen molar-refractivity contribution < 1.29 is 14.9 Å². The van der Waals surface area contributed by atoms with Gasteiger partial charge in [-0.25, -0.2) is 0 Å². The standard InChI is InChI=1S/C27H29NO3S/c29-21-7-3-19(4-8-21)25-18-31-26-12-9-22(30)17-24(26)27(25)20-5-10-23(11-6-20)32-16-15-28-13-1-2-14-28/h3-12,17,25,27,29-30H,1-2,13-16,18H2/t25-,27-/m1/s1. The van der Waals surface area contributed by atoms with Crippen molar-refractivity contribution in [3.05, 3.63) is 83.4 Å². The van der Waals surface area contributed by atoms with Crippen LogP contribution in [0, 0.1) is 0 Å². The van der Waals surface area contributed by atoms with Gasteiger partial charge in [0.1, 0.15) is 17.2 Å². The Morgan fingerprint density at radius 2 is 1.53 bits per heavy atom. The number of phenolic OH excluding ortho intramolecular Hbond substituents is 2. The number of thioether (sulfide) groups is 1. The summed E-state index contributed by atoms with van der Waals surface area (Å²) >= 11 is 1.92. The topological polar surface area (TPSA) is 52.9 Å². The molecule has 2 N–H and O–H groups in total. The van der Waals surface area contributed by atoms with Crippen LogP contribution in [0.15, 0.2) is 71.6 Å². The fourth-order valence-electron chi connectivity index (χ4n) is 4.90. The van der Waals surface area contributed by atoms with Crippen LogP contribution in [0.1, 0.15) is 41.4 Å². The normalized spacial score (nSPS) is 20.6. The second kappa shape index (κ2) is 9.47. The maximum Gasteiger partial charge on any atom is 0.123 e. The number of benzene rings is 3. The van der Waals surface area contributed by atoms with Crippen molar-refractivity contribution in [1.82, 2.24) is 4.90 Å². The van der Waals surface area contributed by atoms with Crippen LogP contribution in [-0.2, 0) is 0 Å². The molecule has 0 aliphatic carbocycles. The quantitative estimate of drug-likeness (QED) is 0.482. The molecule has 1 fully saturated rings. The van der Waals surface area contributed by atoms with Gasteiger partial charge < -0.3 is 19.8 Å². The number of nitrogens with zero attached hydrogens (tertiary/aromatic N) is 1. The molecule has 5 heteroatoms. The molecule has 2 aliphatic heterocycles. The molecular formula is C27H29NO3S. The second-order valence-electron chi connectivity index (χ2n) is 8.68. The Morgan fingerprint density at radius 3 is 2.28 bits per heavy atom. The minimum absolute atomic E-state index is 0.0686. The average Bonchev–Trinajstić information content (AvgIpc) is 3.33. The lowest BCUT2D eigenvalue weighted by molar-refractivity contribution is 0.248. The van der Waals surface area contributed by atoms with Crippen LogP contribution in [-0.4, -0.2) is 47.1 Å². The van der Waals surface area contributed by atoms with E-state index in [0.29, 0.717) is 6.61 Å². The fourth-order valence-corrected chi connectivity index (χ4v) is 5.81. The minimum Gasteiger partial charge on any atom is -0.508 e. The molecular weight excluding hydrogens is 418 g/mol. The molecule has 2 heterocycles. The Labute approximate surface area is 193 Å². The largest absolute Gasteiger partial charge is 0.508 e. The number of hydrogen-bond donors (Lipinski definition) is 2.